The van der Waals surface area contributed by atoms with E-state index in [-0.39, 0.29) is 11.2 Å². The Morgan fingerprint density at radius 2 is 1.48 bits per heavy atom. The summed E-state index contributed by atoms with van der Waals surface area (Å²) in [6.45, 7) is 4.09. The maximum Gasteiger partial charge on any atom is 0.242 e. The average molecular weight is 347 g/mol. The molecule has 1 atom stereocenters. The molecule has 0 spiro atoms. The molecule has 0 bridgehead atoms. The molecule has 0 aliphatic carbocycles. The number of carbonyl (C=O) groups excluding carboxylic acids is 1. The number of hydrogen-bond acceptors (Lipinski definition) is 2. The molecule has 0 heterocycles. The van der Waals surface area contributed by atoms with Crippen molar-refractivity contribution in [2.75, 3.05) is 5.32 Å². The molecule has 0 fully saturated rings. The fourth-order valence-corrected chi connectivity index (χ4v) is 3.67. The van der Waals surface area contributed by atoms with E-state index < -0.39 is 0 Å². The van der Waals surface area contributed by atoms with E-state index in [1.807, 2.05) is 79.7 Å². The summed E-state index contributed by atoms with van der Waals surface area (Å²) in [5.74, 6) is -0.00578. The van der Waals surface area contributed by atoms with Gasteiger partial charge >= 0.3 is 0 Å². The minimum Gasteiger partial charge on any atom is -0.325 e. The van der Waals surface area contributed by atoms with Crippen LogP contribution in [0.2, 0.25) is 0 Å². The van der Waals surface area contributed by atoms with E-state index in [1.54, 1.807) is 11.8 Å². The van der Waals surface area contributed by atoms with Crippen molar-refractivity contribution in [3.8, 4) is 0 Å². The molecule has 0 aliphatic heterocycles. The Kier molecular flexibility index (Phi) is 5.56. The fraction of sp³-hybridized carbons (Fsp3) is 0.136. The van der Waals surface area contributed by atoms with Crippen LogP contribution in [0.5, 0.6) is 0 Å². The second kappa shape index (κ2) is 8.04. The van der Waals surface area contributed by atoms with E-state index in [0.29, 0.717) is 0 Å². The lowest BCUT2D eigenvalue weighted by atomic mass is 10.1. The van der Waals surface area contributed by atoms with E-state index in [2.05, 4.69) is 18.3 Å². The number of amides is 1. The van der Waals surface area contributed by atoms with Crippen LogP contribution in [0.15, 0.2) is 83.8 Å². The molecule has 0 unspecified atom stereocenters. The molecular weight excluding hydrogens is 326 g/mol. The quantitative estimate of drug-likeness (QED) is 0.593. The maximum atomic E-state index is 13.0. The first-order chi connectivity index (χ1) is 12.1. The van der Waals surface area contributed by atoms with Gasteiger partial charge in [0.2, 0.25) is 5.91 Å². The first-order valence-electron chi connectivity index (χ1n) is 8.29. The Bertz CT molecular complexity index is 846. The van der Waals surface area contributed by atoms with Crippen molar-refractivity contribution in [3.05, 3.63) is 95.6 Å². The van der Waals surface area contributed by atoms with Gasteiger partial charge in [0.25, 0.3) is 0 Å². The maximum absolute atomic E-state index is 13.0. The summed E-state index contributed by atoms with van der Waals surface area (Å²) in [5.41, 5.74) is 4.15. The molecule has 1 N–H and O–H groups in total. The molecule has 3 rings (SSSR count). The lowest BCUT2D eigenvalue weighted by molar-refractivity contribution is -0.115. The van der Waals surface area contributed by atoms with Crippen LogP contribution in [0, 0.1) is 13.8 Å². The zero-order valence-corrected chi connectivity index (χ0v) is 15.2. The highest BCUT2D eigenvalue weighted by Crippen LogP contribution is 2.36. The predicted octanol–water partition coefficient (Wildman–Crippen LogP) is 5.78. The molecule has 1 amide bonds. The van der Waals surface area contributed by atoms with Crippen LogP contribution in [0.25, 0.3) is 0 Å². The molecule has 126 valence electrons. The van der Waals surface area contributed by atoms with E-state index in [4.69, 9.17) is 0 Å². The number of benzene rings is 3. The molecule has 0 saturated carbocycles. The topological polar surface area (TPSA) is 29.1 Å². The molecular formula is C22H21NOS. The molecule has 3 aromatic carbocycles. The Morgan fingerprint density at radius 3 is 2.16 bits per heavy atom. The smallest absolute Gasteiger partial charge is 0.242 e. The summed E-state index contributed by atoms with van der Waals surface area (Å²) in [6, 6.07) is 25.9. The molecule has 3 aromatic rings. The first kappa shape index (κ1) is 17.3. The minimum absolute atomic E-state index is 0.00578. The Morgan fingerprint density at radius 1 is 0.840 bits per heavy atom. The molecule has 3 heteroatoms. The van der Waals surface area contributed by atoms with E-state index in [9.17, 15) is 4.79 Å². The highest BCUT2D eigenvalue weighted by atomic mass is 32.2. The van der Waals surface area contributed by atoms with Gasteiger partial charge in [0.1, 0.15) is 5.25 Å². The largest absolute Gasteiger partial charge is 0.325 e. The Balaban J connectivity index is 1.88. The average Bonchev–Trinajstić information content (AvgIpc) is 2.65. The Labute approximate surface area is 153 Å². The Hall–Kier alpha value is -2.52. The second-order valence-electron chi connectivity index (χ2n) is 5.96. The third-order valence-electron chi connectivity index (χ3n) is 4.20. The third kappa shape index (κ3) is 4.31. The number of carbonyl (C=O) groups is 1. The van der Waals surface area contributed by atoms with Gasteiger partial charge in [-0.1, -0.05) is 60.7 Å². The van der Waals surface area contributed by atoms with Gasteiger partial charge in [-0.05, 0) is 48.7 Å². The summed E-state index contributed by atoms with van der Waals surface area (Å²) in [7, 11) is 0. The highest BCUT2D eigenvalue weighted by molar-refractivity contribution is 8.00. The number of anilines is 1. The van der Waals surface area contributed by atoms with Gasteiger partial charge in [0.15, 0.2) is 0 Å². The number of hydrogen-bond donors (Lipinski definition) is 1. The van der Waals surface area contributed by atoms with Crippen molar-refractivity contribution in [3.63, 3.8) is 0 Å². The van der Waals surface area contributed by atoms with Gasteiger partial charge in [-0.3, -0.25) is 4.79 Å². The predicted molar refractivity (Wildman–Crippen MR) is 106 cm³/mol. The van der Waals surface area contributed by atoms with Crippen LogP contribution in [-0.4, -0.2) is 5.91 Å². The number of nitrogens with one attached hydrogen (secondary N) is 1. The van der Waals surface area contributed by atoms with Gasteiger partial charge in [-0.15, -0.1) is 11.8 Å². The van der Waals surface area contributed by atoms with Crippen LogP contribution >= 0.6 is 11.8 Å². The van der Waals surface area contributed by atoms with Crippen molar-refractivity contribution in [2.45, 2.75) is 24.0 Å². The van der Waals surface area contributed by atoms with E-state index in [1.165, 1.54) is 5.56 Å². The summed E-state index contributed by atoms with van der Waals surface area (Å²) in [4.78, 5) is 14.1. The SMILES string of the molecule is Cc1cccc(NC(=O)[C@@H](Sc2ccccc2)c2ccccc2)c1C. The summed E-state index contributed by atoms with van der Waals surface area (Å²) >= 11 is 1.57. The van der Waals surface area contributed by atoms with E-state index >= 15 is 0 Å². The summed E-state index contributed by atoms with van der Waals surface area (Å²) in [5, 5.41) is 2.81. The molecule has 0 saturated heterocycles. The van der Waals surface area contributed by atoms with Crippen LogP contribution in [0.1, 0.15) is 21.9 Å². The molecule has 25 heavy (non-hydrogen) atoms. The lowest BCUT2D eigenvalue weighted by Gasteiger charge is -2.18. The molecule has 0 aliphatic rings. The van der Waals surface area contributed by atoms with Crippen LogP contribution < -0.4 is 5.32 Å². The molecule has 0 aromatic heterocycles. The number of thioether (sulfide) groups is 1. The van der Waals surface area contributed by atoms with Crippen LogP contribution in [-0.2, 0) is 4.79 Å². The second-order valence-corrected chi connectivity index (χ2v) is 7.14. The van der Waals surface area contributed by atoms with Crippen molar-refractivity contribution in [2.24, 2.45) is 0 Å². The van der Waals surface area contributed by atoms with Crippen molar-refractivity contribution in [1.82, 2.24) is 0 Å². The molecule has 0 radical (unpaired) electrons. The van der Waals surface area contributed by atoms with Crippen molar-refractivity contribution >= 4 is 23.4 Å². The van der Waals surface area contributed by atoms with Gasteiger partial charge in [-0.2, -0.15) is 0 Å². The summed E-state index contributed by atoms with van der Waals surface area (Å²) in [6.07, 6.45) is 0. The standard InChI is InChI=1S/C22H21NOS/c1-16-10-9-15-20(17(16)2)23-22(24)21(18-11-5-3-6-12-18)25-19-13-7-4-8-14-19/h3-15,21H,1-2H3,(H,23,24)/t21-/m0/s1. The van der Waals surface area contributed by atoms with Gasteiger partial charge in [-0.25, -0.2) is 0 Å². The van der Waals surface area contributed by atoms with Gasteiger partial charge in [0.05, 0.1) is 0 Å². The third-order valence-corrected chi connectivity index (χ3v) is 5.47. The van der Waals surface area contributed by atoms with Crippen LogP contribution in [0.4, 0.5) is 5.69 Å². The monoisotopic (exact) mass is 347 g/mol. The number of rotatable bonds is 5. The summed E-state index contributed by atoms with van der Waals surface area (Å²) < 4.78 is 0. The van der Waals surface area contributed by atoms with Gasteiger partial charge in [0, 0.05) is 10.6 Å². The molecule has 2 nitrogen and oxygen atoms in total. The lowest BCUT2D eigenvalue weighted by Crippen LogP contribution is -2.19. The fourth-order valence-electron chi connectivity index (χ4n) is 2.62. The van der Waals surface area contributed by atoms with Crippen LogP contribution in [0.3, 0.4) is 0 Å². The first-order valence-corrected chi connectivity index (χ1v) is 9.17. The van der Waals surface area contributed by atoms with Crippen molar-refractivity contribution in [1.29, 1.82) is 0 Å². The zero-order chi connectivity index (χ0) is 17.6. The van der Waals surface area contributed by atoms with Gasteiger partial charge < -0.3 is 5.32 Å². The van der Waals surface area contributed by atoms with Crippen molar-refractivity contribution < 1.29 is 4.79 Å². The minimum atomic E-state index is -0.302. The highest BCUT2D eigenvalue weighted by Gasteiger charge is 2.22. The van der Waals surface area contributed by atoms with E-state index in [0.717, 1.165) is 21.7 Å². The number of aryl methyl sites for hydroxylation is 1. The zero-order valence-electron chi connectivity index (χ0n) is 14.4. The normalized spacial score (nSPS) is 11.8.